The Morgan fingerprint density at radius 2 is 0.465 bits per heavy atom. The summed E-state index contributed by atoms with van der Waals surface area (Å²) in [5, 5.41) is 0. The minimum atomic E-state index is -0.775. The van der Waals surface area contributed by atoms with E-state index in [1.807, 2.05) is 0 Å². The number of rotatable bonds is 58. The molecule has 0 fully saturated rings. The zero-order chi connectivity index (χ0) is 51.4. The van der Waals surface area contributed by atoms with Gasteiger partial charge in [0.15, 0.2) is 6.10 Å². The second-order valence-corrected chi connectivity index (χ2v) is 21.3. The predicted octanol–water partition coefficient (Wildman–Crippen LogP) is 21.2. The quantitative estimate of drug-likeness (QED) is 0.0261. The summed E-state index contributed by atoms with van der Waals surface area (Å²) in [6, 6.07) is 0. The lowest BCUT2D eigenvalue weighted by Crippen LogP contribution is -2.30. The van der Waals surface area contributed by atoms with Crippen molar-refractivity contribution in [2.45, 2.75) is 348 Å². The maximum atomic E-state index is 12.9. The van der Waals surface area contributed by atoms with E-state index < -0.39 is 6.10 Å². The van der Waals surface area contributed by atoms with Crippen LogP contribution in [0.1, 0.15) is 342 Å². The lowest BCUT2D eigenvalue weighted by molar-refractivity contribution is -0.167. The highest BCUT2D eigenvalue weighted by Crippen LogP contribution is 2.17. The molecule has 0 rings (SSSR count). The monoisotopic (exact) mass is 997 g/mol. The maximum Gasteiger partial charge on any atom is 0.306 e. The molecular weight excluding hydrogens is 877 g/mol. The summed E-state index contributed by atoms with van der Waals surface area (Å²) < 4.78 is 16.9. The molecule has 0 aliphatic carbocycles. The van der Waals surface area contributed by atoms with Crippen molar-refractivity contribution in [3.05, 3.63) is 36.5 Å². The Morgan fingerprint density at radius 1 is 0.268 bits per heavy atom. The van der Waals surface area contributed by atoms with Crippen LogP contribution in [0.15, 0.2) is 36.5 Å². The van der Waals surface area contributed by atoms with Gasteiger partial charge in [-0.2, -0.15) is 0 Å². The van der Waals surface area contributed by atoms with E-state index in [0.717, 1.165) is 57.8 Å². The van der Waals surface area contributed by atoms with Crippen molar-refractivity contribution in [3.8, 4) is 0 Å². The third-order valence-corrected chi connectivity index (χ3v) is 14.1. The highest BCUT2D eigenvalue weighted by Gasteiger charge is 2.19. The Hall–Kier alpha value is -2.37. The van der Waals surface area contributed by atoms with Crippen LogP contribution in [0, 0.1) is 0 Å². The molecule has 0 aliphatic heterocycles. The highest BCUT2D eigenvalue weighted by atomic mass is 16.6. The third-order valence-electron chi connectivity index (χ3n) is 14.1. The van der Waals surface area contributed by atoms with E-state index in [0.29, 0.717) is 19.3 Å². The van der Waals surface area contributed by atoms with Gasteiger partial charge in [0.25, 0.3) is 0 Å². The van der Waals surface area contributed by atoms with Crippen LogP contribution in [0.5, 0.6) is 0 Å². The number of hydrogen-bond acceptors (Lipinski definition) is 6. The Bertz CT molecular complexity index is 1190. The van der Waals surface area contributed by atoms with Crippen molar-refractivity contribution < 1.29 is 28.6 Å². The molecule has 0 unspecified atom stereocenters. The summed E-state index contributed by atoms with van der Waals surface area (Å²) in [5.74, 6) is -0.862. The van der Waals surface area contributed by atoms with Gasteiger partial charge >= 0.3 is 17.9 Å². The standard InChI is InChI=1S/C65H120O6/c1-4-7-10-13-16-19-22-25-28-30-31-32-33-35-37-40-43-46-49-52-55-58-64(67)70-61-62(60-69-63(66)57-54-51-48-45-42-39-36-27-24-21-18-15-12-9-6-3)71-65(68)59-56-53-50-47-44-41-38-34-29-26-23-20-17-14-11-8-5-2/h21,24-26,28-29,62H,4-20,22-23,27,30-61H2,1-3H3/b24-21-,28-25-,29-26-/t62-/m0/s1. The highest BCUT2D eigenvalue weighted by molar-refractivity contribution is 5.71. The van der Waals surface area contributed by atoms with Gasteiger partial charge in [-0.05, 0) is 96.3 Å². The molecule has 416 valence electrons. The van der Waals surface area contributed by atoms with Crippen LogP contribution in [0.3, 0.4) is 0 Å². The van der Waals surface area contributed by atoms with Gasteiger partial charge in [0.05, 0.1) is 0 Å². The zero-order valence-corrected chi connectivity index (χ0v) is 47.8. The van der Waals surface area contributed by atoms with Crippen molar-refractivity contribution in [2.75, 3.05) is 13.2 Å². The van der Waals surface area contributed by atoms with Crippen molar-refractivity contribution in [1.29, 1.82) is 0 Å². The lowest BCUT2D eigenvalue weighted by Gasteiger charge is -2.18. The first-order valence-electron chi connectivity index (χ1n) is 31.5. The van der Waals surface area contributed by atoms with Crippen molar-refractivity contribution in [1.82, 2.24) is 0 Å². The van der Waals surface area contributed by atoms with E-state index in [1.165, 1.54) is 244 Å². The Kier molecular flexibility index (Phi) is 58.2. The van der Waals surface area contributed by atoms with Crippen LogP contribution in [0.4, 0.5) is 0 Å². The fourth-order valence-corrected chi connectivity index (χ4v) is 9.31. The number of allylic oxidation sites excluding steroid dienone is 6. The third kappa shape index (κ3) is 58.4. The molecule has 6 nitrogen and oxygen atoms in total. The van der Waals surface area contributed by atoms with Crippen LogP contribution >= 0.6 is 0 Å². The van der Waals surface area contributed by atoms with Crippen molar-refractivity contribution in [3.63, 3.8) is 0 Å². The van der Waals surface area contributed by atoms with Crippen LogP contribution in [0.25, 0.3) is 0 Å². The summed E-state index contributed by atoms with van der Waals surface area (Å²) in [5.41, 5.74) is 0. The fraction of sp³-hybridized carbons (Fsp3) is 0.862. The SMILES string of the molecule is CCCCCC/C=C\CCCCCCCCCC(=O)OC[C@@H](COC(=O)CCCCCCCCCCCCC/C=C\CCCCCCCC)OC(=O)CCCCCCCCC/C=C\CCCCCCCC. The molecule has 6 heteroatoms. The van der Waals surface area contributed by atoms with Gasteiger partial charge in [-0.15, -0.1) is 0 Å². The van der Waals surface area contributed by atoms with E-state index in [1.54, 1.807) is 0 Å². The van der Waals surface area contributed by atoms with Crippen LogP contribution in [-0.2, 0) is 28.6 Å². The van der Waals surface area contributed by atoms with Gasteiger partial charge in [0.2, 0.25) is 0 Å². The molecule has 0 aromatic rings. The van der Waals surface area contributed by atoms with Gasteiger partial charge in [0, 0.05) is 19.3 Å². The van der Waals surface area contributed by atoms with Crippen molar-refractivity contribution in [2.24, 2.45) is 0 Å². The zero-order valence-electron chi connectivity index (χ0n) is 47.8. The largest absolute Gasteiger partial charge is 0.462 e. The number of carbonyl (C=O) groups is 3. The van der Waals surface area contributed by atoms with Crippen LogP contribution in [0.2, 0.25) is 0 Å². The normalized spacial score (nSPS) is 12.2. The van der Waals surface area contributed by atoms with E-state index in [2.05, 4.69) is 57.2 Å². The van der Waals surface area contributed by atoms with Crippen molar-refractivity contribution >= 4 is 17.9 Å². The molecule has 0 radical (unpaired) electrons. The molecule has 0 saturated heterocycles. The van der Waals surface area contributed by atoms with E-state index in [9.17, 15) is 14.4 Å². The minimum Gasteiger partial charge on any atom is -0.462 e. The molecule has 0 spiro atoms. The average molecular weight is 998 g/mol. The average Bonchev–Trinajstić information content (AvgIpc) is 3.37. The molecule has 0 saturated carbocycles. The molecule has 0 aromatic heterocycles. The Balaban J connectivity index is 4.32. The smallest absolute Gasteiger partial charge is 0.306 e. The van der Waals surface area contributed by atoms with Gasteiger partial charge in [-0.1, -0.05) is 263 Å². The molecule has 0 aliphatic rings. The molecule has 1 atom stereocenters. The molecule has 0 aromatic carbocycles. The number of unbranched alkanes of at least 4 members (excludes halogenated alkanes) is 41. The van der Waals surface area contributed by atoms with Gasteiger partial charge in [-0.25, -0.2) is 0 Å². The van der Waals surface area contributed by atoms with E-state index >= 15 is 0 Å². The fourth-order valence-electron chi connectivity index (χ4n) is 9.31. The van der Waals surface area contributed by atoms with Crippen LogP contribution in [-0.4, -0.2) is 37.2 Å². The first-order valence-corrected chi connectivity index (χ1v) is 31.5. The first kappa shape index (κ1) is 68.6. The maximum absolute atomic E-state index is 12.9. The second kappa shape index (κ2) is 60.2. The molecule has 0 heterocycles. The molecule has 0 amide bonds. The minimum absolute atomic E-state index is 0.0726. The molecular formula is C65H120O6. The van der Waals surface area contributed by atoms with Gasteiger partial charge in [0.1, 0.15) is 13.2 Å². The lowest BCUT2D eigenvalue weighted by atomic mass is 10.0. The summed E-state index contributed by atoms with van der Waals surface area (Å²) in [6.07, 6.45) is 72.8. The predicted molar refractivity (Wildman–Crippen MR) is 307 cm³/mol. The van der Waals surface area contributed by atoms with E-state index in [-0.39, 0.29) is 31.1 Å². The molecule has 0 bridgehead atoms. The Morgan fingerprint density at radius 3 is 0.718 bits per heavy atom. The summed E-state index contributed by atoms with van der Waals surface area (Å²) in [6.45, 7) is 6.66. The van der Waals surface area contributed by atoms with Gasteiger partial charge in [-0.3, -0.25) is 14.4 Å². The topological polar surface area (TPSA) is 78.9 Å². The number of hydrogen-bond donors (Lipinski definition) is 0. The number of ether oxygens (including phenoxy) is 3. The molecule has 0 N–H and O–H groups in total. The second-order valence-electron chi connectivity index (χ2n) is 21.3. The summed E-state index contributed by atoms with van der Waals surface area (Å²) in [7, 11) is 0. The summed E-state index contributed by atoms with van der Waals surface area (Å²) >= 11 is 0. The summed E-state index contributed by atoms with van der Waals surface area (Å²) in [4.78, 5) is 38.3. The van der Waals surface area contributed by atoms with Gasteiger partial charge < -0.3 is 14.2 Å². The number of carbonyl (C=O) groups excluding carboxylic acids is 3. The molecule has 71 heavy (non-hydrogen) atoms. The Labute approximate surface area is 442 Å². The van der Waals surface area contributed by atoms with E-state index in [4.69, 9.17) is 14.2 Å². The van der Waals surface area contributed by atoms with Crippen LogP contribution < -0.4 is 0 Å². The number of esters is 3. The first-order chi connectivity index (χ1) is 35.0.